The van der Waals surface area contributed by atoms with Crippen LogP contribution in [0.4, 0.5) is 26.3 Å². The maximum atomic E-state index is 12.2. The Morgan fingerprint density at radius 2 is 1.25 bits per heavy atom. The van der Waals surface area contributed by atoms with E-state index >= 15 is 0 Å². The summed E-state index contributed by atoms with van der Waals surface area (Å²) in [5.74, 6) is 0. The first-order valence-corrected chi connectivity index (χ1v) is 8.73. The predicted octanol–water partition coefficient (Wildman–Crippen LogP) is 2.39. The van der Waals surface area contributed by atoms with Crippen LogP contribution < -0.4 is 3.58 Å². The predicted molar refractivity (Wildman–Crippen MR) is 50.5 cm³/mol. The van der Waals surface area contributed by atoms with E-state index < -0.39 is 37.4 Å². The zero-order valence-electron chi connectivity index (χ0n) is 7.94. The quantitative estimate of drug-likeness (QED) is 0.568. The first-order chi connectivity index (χ1) is 7.21. The monoisotopic (exact) mass is 350 g/mol. The van der Waals surface area contributed by atoms with E-state index in [9.17, 15) is 26.3 Å². The molecule has 0 nitrogen and oxygen atoms in total. The van der Waals surface area contributed by atoms with Crippen molar-refractivity contribution in [2.24, 2.45) is 0 Å². The molecule has 1 aromatic carbocycles. The molecule has 0 heterocycles. The molecule has 0 N–H and O–H groups in total. The first kappa shape index (κ1) is 13.7. The first-order valence-electron chi connectivity index (χ1n) is 4.38. The molecule has 0 aromatic heterocycles. The SMILES string of the molecule is FC(F)(F)[CH]([SnH2][c]1ccccc1)C(F)(F)F. The molecule has 0 fully saturated rings. The molecule has 0 aliphatic carbocycles. The van der Waals surface area contributed by atoms with Gasteiger partial charge in [-0.1, -0.05) is 0 Å². The van der Waals surface area contributed by atoms with Crippen LogP contribution in [0.2, 0.25) is 3.93 Å². The minimum atomic E-state index is -5.18. The van der Waals surface area contributed by atoms with Crippen LogP contribution in [0.5, 0.6) is 0 Å². The molecule has 90 valence electrons. The third kappa shape index (κ3) is 3.88. The summed E-state index contributed by atoms with van der Waals surface area (Å²) < 4.78 is 70.5. The van der Waals surface area contributed by atoms with Gasteiger partial charge < -0.3 is 0 Å². The van der Waals surface area contributed by atoms with Crippen LogP contribution in [0.3, 0.4) is 0 Å². The van der Waals surface area contributed by atoms with Crippen molar-refractivity contribution in [3.8, 4) is 0 Å². The van der Waals surface area contributed by atoms with E-state index in [2.05, 4.69) is 0 Å². The van der Waals surface area contributed by atoms with E-state index in [0.29, 0.717) is 0 Å². The van der Waals surface area contributed by atoms with Crippen molar-refractivity contribution in [3.05, 3.63) is 30.3 Å². The van der Waals surface area contributed by atoms with Gasteiger partial charge in [-0.05, 0) is 0 Å². The van der Waals surface area contributed by atoms with Crippen LogP contribution in [0.1, 0.15) is 0 Å². The number of halogens is 6. The van der Waals surface area contributed by atoms with Gasteiger partial charge in [0, 0.05) is 0 Å². The molecule has 0 radical (unpaired) electrons. The molecule has 0 saturated carbocycles. The molecule has 0 aliphatic rings. The Labute approximate surface area is 97.9 Å². The summed E-state index contributed by atoms with van der Waals surface area (Å²) in [5, 5.41) is 0. The summed E-state index contributed by atoms with van der Waals surface area (Å²) in [7, 11) is 0. The number of hydrogen-bond donors (Lipinski definition) is 0. The van der Waals surface area contributed by atoms with Crippen molar-refractivity contribution in [2.45, 2.75) is 16.3 Å². The fourth-order valence-corrected chi connectivity index (χ4v) is 5.49. The normalized spacial score (nSPS) is 13.9. The maximum absolute atomic E-state index is 12.2. The van der Waals surface area contributed by atoms with Gasteiger partial charge in [0.05, 0.1) is 0 Å². The van der Waals surface area contributed by atoms with Crippen molar-refractivity contribution < 1.29 is 26.3 Å². The zero-order valence-corrected chi connectivity index (χ0v) is 12.0. The van der Waals surface area contributed by atoms with Crippen LogP contribution in [-0.4, -0.2) is 33.5 Å². The summed E-state index contributed by atoms with van der Waals surface area (Å²) in [6, 6.07) is 7.14. The third-order valence-electron chi connectivity index (χ3n) is 2.07. The van der Waals surface area contributed by atoms with Gasteiger partial charge in [-0.25, -0.2) is 0 Å². The van der Waals surface area contributed by atoms with E-state index in [1.165, 1.54) is 24.3 Å². The average molecular weight is 349 g/mol. The summed E-state index contributed by atoms with van der Waals surface area (Å²) in [4.78, 5) is 0. The summed E-state index contributed by atoms with van der Waals surface area (Å²) >= 11 is -3.16. The second-order valence-corrected chi connectivity index (χ2v) is 9.15. The van der Waals surface area contributed by atoms with E-state index in [1.54, 1.807) is 6.07 Å². The molecule has 16 heavy (non-hydrogen) atoms. The van der Waals surface area contributed by atoms with Crippen molar-refractivity contribution in [3.63, 3.8) is 0 Å². The van der Waals surface area contributed by atoms with Gasteiger partial charge in [0.25, 0.3) is 0 Å². The topological polar surface area (TPSA) is 0 Å². The minimum absolute atomic E-state index is 0.226. The molecule has 7 heteroatoms. The van der Waals surface area contributed by atoms with E-state index in [4.69, 9.17) is 0 Å². The summed E-state index contributed by atoms with van der Waals surface area (Å²) in [6.45, 7) is 0. The summed E-state index contributed by atoms with van der Waals surface area (Å²) in [6.07, 6.45) is -10.4. The van der Waals surface area contributed by atoms with Crippen LogP contribution in [-0.2, 0) is 0 Å². The second-order valence-electron chi connectivity index (χ2n) is 3.33. The van der Waals surface area contributed by atoms with Crippen LogP contribution in [0.15, 0.2) is 30.3 Å². The van der Waals surface area contributed by atoms with Gasteiger partial charge in [0.15, 0.2) is 0 Å². The Balaban J connectivity index is 2.89. The molecule has 0 saturated heterocycles. The van der Waals surface area contributed by atoms with Gasteiger partial charge in [0.2, 0.25) is 0 Å². The van der Waals surface area contributed by atoms with Crippen LogP contribution in [0.25, 0.3) is 0 Å². The van der Waals surface area contributed by atoms with Gasteiger partial charge >= 0.3 is 97.7 Å². The van der Waals surface area contributed by atoms with Crippen molar-refractivity contribution >= 4 is 24.7 Å². The van der Waals surface area contributed by atoms with E-state index in [-0.39, 0.29) is 3.58 Å². The van der Waals surface area contributed by atoms with Gasteiger partial charge in [-0.2, -0.15) is 0 Å². The van der Waals surface area contributed by atoms with Crippen molar-refractivity contribution in [2.75, 3.05) is 0 Å². The number of rotatable bonds is 2. The van der Waals surface area contributed by atoms with Gasteiger partial charge in [-0.3, -0.25) is 0 Å². The Morgan fingerprint density at radius 3 is 1.62 bits per heavy atom. The zero-order chi connectivity index (χ0) is 12.4. The van der Waals surface area contributed by atoms with Crippen molar-refractivity contribution in [1.82, 2.24) is 0 Å². The summed E-state index contributed by atoms with van der Waals surface area (Å²) in [5.41, 5.74) is 0. The van der Waals surface area contributed by atoms with Crippen molar-refractivity contribution in [1.29, 1.82) is 0 Å². The number of alkyl halides is 6. The average Bonchev–Trinajstić information content (AvgIpc) is 2.12. The molecular formula is C9H8F6Sn. The molecule has 0 spiro atoms. The van der Waals surface area contributed by atoms with Crippen LogP contribution in [0, 0.1) is 0 Å². The Bertz CT molecular complexity index is 314. The molecule has 0 atom stereocenters. The van der Waals surface area contributed by atoms with Gasteiger partial charge in [-0.15, -0.1) is 0 Å². The second kappa shape index (κ2) is 4.85. The molecule has 0 bridgehead atoms. The Hall–Kier alpha value is -0.401. The van der Waals surface area contributed by atoms with E-state index in [0.717, 1.165) is 0 Å². The molecule has 1 aromatic rings. The molecular weight excluding hydrogens is 341 g/mol. The molecule has 1 rings (SSSR count). The molecule has 0 amide bonds. The number of hydrogen-bond acceptors (Lipinski definition) is 0. The standard InChI is InChI=1S/C6H5.C3HF6.Sn.2H/c1-2-4-6-5-3-1;4-2(5,6)1-3(7,8)9;;;/h1-5H;1H;;;. The molecule has 0 unspecified atom stereocenters. The fourth-order valence-electron chi connectivity index (χ4n) is 1.27. The Kier molecular flexibility index (Phi) is 4.14. The number of benzene rings is 1. The van der Waals surface area contributed by atoms with E-state index in [1.807, 2.05) is 0 Å². The van der Waals surface area contributed by atoms with Gasteiger partial charge in [0.1, 0.15) is 0 Å². The third-order valence-corrected chi connectivity index (χ3v) is 8.57. The molecule has 0 aliphatic heterocycles. The van der Waals surface area contributed by atoms with Crippen LogP contribution >= 0.6 is 0 Å². The Morgan fingerprint density at radius 1 is 0.812 bits per heavy atom. The fraction of sp³-hybridized carbons (Fsp3) is 0.333.